The number of halogens is 2. The molecular formula is C19H20F2N2O4S. The summed E-state index contributed by atoms with van der Waals surface area (Å²) in [7, 11) is -3.71. The normalized spacial score (nSPS) is 15.0. The van der Waals surface area contributed by atoms with E-state index in [4.69, 9.17) is 0 Å². The first-order valence-electron chi connectivity index (χ1n) is 8.82. The Morgan fingerprint density at radius 2 is 1.75 bits per heavy atom. The number of rotatable bonds is 7. The number of anilines is 1. The fourth-order valence-electron chi connectivity index (χ4n) is 3.06. The summed E-state index contributed by atoms with van der Waals surface area (Å²) in [4.78, 5) is 12.4. The Kier molecular flexibility index (Phi) is 6.25. The molecule has 2 aromatic rings. The predicted octanol–water partition coefficient (Wildman–Crippen LogP) is 3.76. The van der Waals surface area contributed by atoms with Crippen molar-refractivity contribution in [2.45, 2.75) is 43.2 Å². The smallest absolute Gasteiger partial charge is 0.387 e. The van der Waals surface area contributed by atoms with E-state index in [0.717, 1.165) is 25.7 Å². The van der Waals surface area contributed by atoms with Crippen LogP contribution in [-0.4, -0.2) is 27.0 Å². The molecule has 6 nitrogen and oxygen atoms in total. The summed E-state index contributed by atoms with van der Waals surface area (Å²) in [6, 6.07) is 11.1. The summed E-state index contributed by atoms with van der Waals surface area (Å²) in [5.74, 6) is -0.542. The van der Waals surface area contributed by atoms with Gasteiger partial charge in [0, 0.05) is 17.3 Å². The Morgan fingerprint density at radius 1 is 1.07 bits per heavy atom. The average molecular weight is 410 g/mol. The minimum Gasteiger partial charge on any atom is -0.435 e. The van der Waals surface area contributed by atoms with E-state index in [1.54, 1.807) is 0 Å². The molecule has 0 unspecified atom stereocenters. The molecule has 2 aromatic carbocycles. The molecule has 3 rings (SSSR count). The molecule has 1 fully saturated rings. The van der Waals surface area contributed by atoms with Crippen LogP contribution in [0, 0.1) is 0 Å². The van der Waals surface area contributed by atoms with Gasteiger partial charge in [-0.25, -0.2) is 13.1 Å². The van der Waals surface area contributed by atoms with Gasteiger partial charge < -0.3 is 10.1 Å². The quantitative estimate of drug-likeness (QED) is 0.728. The van der Waals surface area contributed by atoms with E-state index in [0.29, 0.717) is 5.69 Å². The maximum atomic E-state index is 12.5. The zero-order valence-corrected chi connectivity index (χ0v) is 15.7. The molecule has 1 aliphatic rings. The van der Waals surface area contributed by atoms with Crippen molar-refractivity contribution < 1.29 is 26.7 Å². The average Bonchev–Trinajstić information content (AvgIpc) is 3.15. The lowest BCUT2D eigenvalue weighted by atomic mass is 10.2. The fraction of sp³-hybridized carbons (Fsp3) is 0.316. The Morgan fingerprint density at radius 3 is 2.39 bits per heavy atom. The summed E-state index contributed by atoms with van der Waals surface area (Å²) in [6.45, 7) is -2.93. The Labute approximate surface area is 162 Å². The minimum atomic E-state index is -3.71. The molecular weight excluding hydrogens is 390 g/mol. The maximum absolute atomic E-state index is 12.5. The number of sulfonamides is 1. The summed E-state index contributed by atoms with van der Waals surface area (Å²) < 4.78 is 56.3. The van der Waals surface area contributed by atoms with Gasteiger partial charge in [-0.1, -0.05) is 18.9 Å². The van der Waals surface area contributed by atoms with Gasteiger partial charge in [0.25, 0.3) is 5.91 Å². The predicted molar refractivity (Wildman–Crippen MR) is 100 cm³/mol. The molecule has 0 heterocycles. The second-order valence-electron chi connectivity index (χ2n) is 6.49. The van der Waals surface area contributed by atoms with E-state index in [2.05, 4.69) is 14.8 Å². The highest BCUT2D eigenvalue weighted by Crippen LogP contribution is 2.22. The molecule has 0 aromatic heterocycles. The Bertz CT molecular complexity index is 927. The topological polar surface area (TPSA) is 84.5 Å². The number of hydrogen-bond donors (Lipinski definition) is 2. The van der Waals surface area contributed by atoms with E-state index >= 15 is 0 Å². The van der Waals surface area contributed by atoms with Crippen LogP contribution < -0.4 is 14.8 Å². The Hall–Kier alpha value is -2.52. The lowest BCUT2D eigenvalue weighted by Gasteiger charge is -2.13. The number of benzene rings is 2. The van der Waals surface area contributed by atoms with Crippen LogP contribution in [-0.2, 0) is 10.0 Å². The van der Waals surface area contributed by atoms with Crippen LogP contribution in [0.3, 0.4) is 0 Å². The van der Waals surface area contributed by atoms with Crippen molar-refractivity contribution in [1.82, 2.24) is 4.72 Å². The second-order valence-corrected chi connectivity index (χ2v) is 8.20. The van der Waals surface area contributed by atoms with Crippen molar-refractivity contribution in [3.63, 3.8) is 0 Å². The van der Waals surface area contributed by atoms with Crippen LogP contribution in [0.1, 0.15) is 36.0 Å². The van der Waals surface area contributed by atoms with E-state index in [-0.39, 0.29) is 22.3 Å². The monoisotopic (exact) mass is 410 g/mol. The summed E-state index contributed by atoms with van der Waals surface area (Å²) in [5.41, 5.74) is 0.533. The number of carbonyl (C=O) groups is 1. The van der Waals surface area contributed by atoms with Gasteiger partial charge >= 0.3 is 6.61 Å². The number of amides is 1. The van der Waals surface area contributed by atoms with Crippen LogP contribution >= 0.6 is 0 Å². The van der Waals surface area contributed by atoms with Crippen molar-refractivity contribution in [2.24, 2.45) is 0 Å². The first kappa shape index (κ1) is 20.2. The standard InChI is InChI=1S/C19H20F2N2O4S/c20-19(21)27-16-10-8-14(9-11-16)22-18(24)13-4-3-7-17(12-13)28(25,26)23-15-5-1-2-6-15/h3-4,7-12,15,19,23H,1-2,5-6H2,(H,22,24). The van der Waals surface area contributed by atoms with Crippen molar-refractivity contribution in [1.29, 1.82) is 0 Å². The number of alkyl halides is 2. The van der Waals surface area contributed by atoms with Gasteiger partial charge in [0.15, 0.2) is 0 Å². The van der Waals surface area contributed by atoms with E-state index in [1.807, 2.05) is 0 Å². The lowest BCUT2D eigenvalue weighted by Crippen LogP contribution is -2.32. The minimum absolute atomic E-state index is 0.0210. The molecule has 0 aliphatic heterocycles. The summed E-state index contributed by atoms with van der Waals surface area (Å²) in [5, 5.41) is 2.59. The van der Waals surface area contributed by atoms with Crippen LogP contribution in [0.5, 0.6) is 5.75 Å². The Balaban J connectivity index is 1.69. The third-order valence-electron chi connectivity index (χ3n) is 4.42. The van der Waals surface area contributed by atoms with Gasteiger partial charge in [-0.15, -0.1) is 0 Å². The molecule has 0 bridgehead atoms. The molecule has 0 atom stereocenters. The van der Waals surface area contributed by atoms with Gasteiger partial charge in [-0.3, -0.25) is 4.79 Å². The number of carbonyl (C=O) groups excluding carboxylic acids is 1. The molecule has 1 aliphatic carbocycles. The van der Waals surface area contributed by atoms with Crippen molar-refractivity contribution in [2.75, 3.05) is 5.32 Å². The highest BCUT2D eigenvalue weighted by atomic mass is 32.2. The molecule has 9 heteroatoms. The third kappa shape index (κ3) is 5.26. The van der Waals surface area contributed by atoms with Gasteiger partial charge in [0.05, 0.1) is 4.90 Å². The number of hydrogen-bond acceptors (Lipinski definition) is 4. The van der Waals surface area contributed by atoms with Crippen LogP contribution in [0.2, 0.25) is 0 Å². The summed E-state index contributed by atoms with van der Waals surface area (Å²) >= 11 is 0. The SMILES string of the molecule is O=C(Nc1ccc(OC(F)F)cc1)c1cccc(S(=O)(=O)NC2CCCC2)c1. The van der Waals surface area contributed by atoms with Gasteiger partial charge in [0.2, 0.25) is 10.0 Å². The molecule has 0 spiro atoms. The van der Waals surface area contributed by atoms with Crippen LogP contribution in [0.4, 0.5) is 14.5 Å². The molecule has 2 N–H and O–H groups in total. The number of ether oxygens (including phenoxy) is 1. The van der Waals surface area contributed by atoms with Crippen LogP contribution in [0.15, 0.2) is 53.4 Å². The van der Waals surface area contributed by atoms with Crippen molar-refractivity contribution >= 4 is 21.6 Å². The molecule has 0 saturated heterocycles. The highest BCUT2D eigenvalue weighted by molar-refractivity contribution is 7.89. The van der Waals surface area contributed by atoms with E-state index in [9.17, 15) is 22.0 Å². The van der Waals surface area contributed by atoms with Crippen LogP contribution in [0.25, 0.3) is 0 Å². The van der Waals surface area contributed by atoms with Crippen molar-refractivity contribution in [3.05, 3.63) is 54.1 Å². The summed E-state index contributed by atoms with van der Waals surface area (Å²) in [6.07, 6.45) is 3.61. The highest BCUT2D eigenvalue weighted by Gasteiger charge is 2.23. The van der Waals surface area contributed by atoms with E-state index < -0.39 is 22.5 Å². The zero-order chi connectivity index (χ0) is 20.1. The maximum Gasteiger partial charge on any atom is 0.387 e. The largest absolute Gasteiger partial charge is 0.435 e. The van der Waals surface area contributed by atoms with E-state index in [1.165, 1.54) is 48.5 Å². The van der Waals surface area contributed by atoms with Gasteiger partial charge in [0.1, 0.15) is 5.75 Å². The van der Waals surface area contributed by atoms with Gasteiger partial charge in [-0.2, -0.15) is 8.78 Å². The molecule has 150 valence electrons. The van der Waals surface area contributed by atoms with Gasteiger partial charge in [-0.05, 0) is 55.3 Å². The lowest BCUT2D eigenvalue weighted by molar-refractivity contribution is -0.0498. The first-order chi connectivity index (χ1) is 13.3. The van der Waals surface area contributed by atoms with Crippen molar-refractivity contribution in [3.8, 4) is 5.75 Å². The molecule has 1 amide bonds. The second kappa shape index (κ2) is 8.66. The number of nitrogens with one attached hydrogen (secondary N) is 2. The zero-order valence-electron chi connectivity index (χ0n) is 14.9. The molecule has 1 saturated carbocycles. The molecule has 0 radical (unpaired) electrons. The first-order valence-corrected chi connectivity index (χ1v) is 10.3. The molecule has 28 heavy (non-hydrogen) atoms. The third-order valence-corrected chi connectivity index (χ3v) is 5.94. The fourth-order valence-corrected chi connectivity index (χ4v) is 4.41.